The van der Waals surface area contributed by atoms with Gasteiger partial charge in [-0.25, -0.2) is 14.4 Å². The number of carbonyl (C=O) groups is 1. The van der Waals surface area contributed by atoms with Crippen LogP contribution in [0.4, 0.5) is 10.2 Å². The highest BCUT2D eigenvalue weighted by atomic mass is 32.1. The highest BCUT2D eigenvalue weighted by molar-refractivity contribution is 7.19. The molecule has 5 nitrogen and oxygen atoms in total. The third-order valence-corrected chi connectivity index (χ3v) is 6.89. The Kier molecular flexibility index (Phi) is 4.47. The SMILES string of the molecule is O=C(c1ccc(F)cc1)N1CCN(c2ncnc3sc4c(c23)CCCC4)CC1. The Hall–Kier alpha value is -2.54. The van der Waals surface area contributed by atoms with Crippen molar-refractivity contribution in [2.75, 3.05) is 31.1 Å². The van der Waals surface area contributed by atoms with E-state index >= 15 is 0 Å². The van der Waals surface area contributed by atoms with Crippen LogP contribution in [0.5, 0.6) is 0 Å². The number of halogens is 1. The van der Waals surface area contributed by atoms with Crippen LogP contribution in [0.1, 0.15) is 33.6 Å². The van der Waals surface area contributed by atoms with Crippen LogP contribution in [-0.4, -0.2) is 47.0 Å². The molecule has 7 heteroatoms. The van der Waals surface area contributed by atoms with Crippen LogP contribution < -0.4 is 4.90 Å². The molecule has 2 aliphatic rings. The van der Waals surface area contributed by atoms with Gasteiger partial charge in [0.15, 0.2) is 0 Å². The molecule has 3 aromatic rings. The van der Waals surface area contributed by atoms with Crippen molar-refractivity contribution in [2.45, 2.75) is 25.7 Å². The second kappa shape index (κ2) is 7.13. The molecule has 1 aromatic carbocycles. The van der Waals surface area contributed by atoms with Gasteiger partial charge < -0.3 is 9.80 Å². The molecule has 0 atom stereocenters. The van der Waals surface area contributed by atoms with Gasteiger partial charge in [0.05, 0.1) is 5.39 Å². The van der Waals surface area contributed by atoms with Crippen LogP contribution in [0.2, 0.25) is 0 Å². The molecule has 0 N–H and O–H groups in total. The molecule has 0 radical (unpaired) electrons. The fourth-order valence-electron chi connectivity index (χ4n) is 4.21. The topological polar surface area (TPSA) is 49.3 Å². The van der Waals surface area contributed by atoms with Crippen molar-refractivity contribution in [3.05, 3.63) is 52.4 Å². The second-order valence-electron chi connectivity index (χ2n) is 7.37. The summed E-state index contributed by atoms with van der Waals surface area (Å²) in [4.78, 5) is 28.5. The highest BCUT2D eigenvalue weighted by Crippen LogP contribution is 2.39. The lowest BCUT2D eigenvalue weighted by atomic mass is 9.97. The number of nitrogens with zero attached hydrogens (tertiary/aromatic N) is 4. The maximum Gasteiger partial charge on any atom is 0.253 e. The molecule has 0 unspecified atom stereocenters. The number of carbonyl (C=O) groups excluding carboxylic acids is 1. The van der Waals surface area contributed by atoms with Gasteiger partial charge in [-0.05, 0) is 55.5 Å². The molecule has 144 valence electrons. The van der Waals surface area contributed by atoms with E-state index in [1.54, 1.807) is 18.5 Å². The van der Waals surface area contributed by atoms with E-state index in [4.69, 9.17) is 0 Å². The highest BCUT2D eigenvalue weighted by Gasteiger charge is 2.26. The zero-order valence-corrected chi connectivity index (χ0v) is 16.3. The van der Waals surface area contributed by atoms with E-state index < -0.39 is 0 Å². The third kappa shape index (κ3) is 3.03. The largest absolute Gasteiger partial charge is 0.352 e. The van der Waals surface area contributed by atoms with Gasteiger partial charge in [-0.1, -0.05) is 0 Å². The van der Waals surface area contributed by atoms with Crippen molar-refractivity contribution >= 4 is 33.3 Å². The van der Waals surface area contributed by atoms with E-state index in [9.17, 15) is 9.18 Å². The quantitative estimate of drug-likeness (QED) is 0.663. The van der Waals surface area contributed by atoms with Crippen LogP contribution in [0.15, 0.2) is 30.6 Å². The van der Waals surface area contributed by atoms with Crippen molar-refractivity contribution < 1.29 is 9.18 Å². The molecular weight excluding hydrogens is 375 g/mol. The Morgan fingerprint density at radius 1 is 1.00 bits per heavy atom. The normalized spacial score (nSPS) is 17.0. The molecule has 0 saturated carbocycles. The number of aromatic nitrogens is 2. The van der Waals surface area contributed by atoms with Gasteiger partial charge in [-0.15, -0.1) is 11.3 Å². The molecule has 2 aromatic heterocycles. The summed E-state index contributed by atoms with van der Waals surface area (Å²) in [6, 6.07) is 5.77. The van der Waals surface area contributed by atoms with E-state index in [-0.39, 0.29) is 11.7 Å². The number of amides is 1. The predicted octanol–water partition coefficient (Wildman–Crippen LogP) is 3.67. The summed E-state index contributed by atoms with van der Waals surface area (Å²) < 4.78 is 13.1. The number of anilines is 1. The number of aryl methyl sites for hydroxylation is 2. The predicted molar refractivity (Wildman–Crippen MR) is 109 cm³/mol. The number of hydrogen-bond donors (Lipinski definition) is 0. The molecule has 1 aliphatic heterocycles. The van der Waals surface area contributed by atoms with Gasteiger partial charge in [0.1, 0.15) is 22.8 Å². The Bertz CT molecular complexity index is 1020. The van der Waals surface area contributed by atoms with E-state index in [0.29, 0.717) is 18.7 Å². The van der Waals surface area contributed by atoms with Crippen LogP contribution in [0.25, 0.3) is 10.2 Å². The molecule has 1 saturated heterocycles. The van der Waals surface area contributed by atoms with Gasteiger partial charge in [0, 0.05) is 36.6 Å². The third-order valence-electron chi connectivity index (χ3n) is 5.69. The lowest BCUT2D eigenvalue weighted by Crippen LogP contribution is -2.49. The van der Waals surface area contributed by atoms with Gasteiger partial charge in [-0.3, -0.25) is 4.79 Å². The summed E-state index contributed by atoms with van der Waals surface area (Å²) in [5, 5.41) is 1.22. The molecule has 28 heavy (non-hydrogen) atoms. The van der Waals surface area contributed by atoms with E-state index in [1.165, 1.54) is 40.8 Å². The minimum atomic E-state index is -0.326. The van der Waals surface area contributed by atoms with Crippen LogP contribution >= 0.6 is 11.3 Å². The minimum Gasteiger partial charge on any atom is -0.352 e. The molecule has 5 rings (SSSR count). The number of rotatable bonds is 2. The van der Waals surface area contributed by atoms with Crippen LogP contribution in [-0.2, 0) is 12.8 Å². The molecule has 1 aliphatic carbocycles. The smallest absolute Gasteiger partial charge is 0.253 e. The fraction of sp³-hybridized carbons (Fsp3) is 0.381. The maximum absolute atomic E-state index is 13.1. The number of fused-ring (bicyclic) bond motifs is 3. The number of thiophene rings is 1. The first kappa shape index (κ1) is 17.6. The molecule has 1 fully saturated rings. The molecule has 3 heterocycles. The standard InChI is InChI=1S/C21H21FN4OS/c22-15-7-5-14(6-8-15)21(27)26-11-9-25(10-12-26)19-18-16-3-1-2-4-17(16)28-20(18)24-13-23-19/h5-8,13H,1-4,9-12H2. The summed E-state index contributed by atoms with van der Waals surface area (Å²) in [5.74, 6) is 0.645. The Balaban J connectivity index is 1.36. The lowest BCUT2D eigenvalue weighted by molar-refractivity contribution is 0.0746. The summed E-state index contributed by atoms with van der Waals surface area (Å²) >= 11 is 1.81. The second-order valence-corrected chi connectivity index (χ2v) is 8.46. The van der Waals surface area contributed by atoms with Crippen molar-refractivity contribution in [1.29, 1.82) is 0 Å². The van der Waals surface area contributed by atoms with Gasteiger partial charge in [0.2, 0.25) is 0 Å². The van der Waals surface area contributed by atoms with E-state index in [2.05, 4.69) is 14.9 Å². The Morgan fingerprint density at radius 2 is 1.75 bits per heavy atom. The van der Waals surface area contributed by atoms with Crippen molar-refractivity contribution in [2.24, 2.45) is 0 Å². The summed E-state index contributed by atoms with van der Waals surface area (Å²) in [5.41, 5.74) is 1.97. The molecule has 1 amide bonds. The van der Waals surface area contributed by atoms with Gasteiger partial charge >= 0.3 is 0 Å². The molecule has 0 spiro atoms. The fourth-order valence-corrected chi connectivity index (χ4v) is 5.43. The average molecular weight is 396 g/mol. The van der Waals surface area contributed by atoms with Gasteiger partial charge in [-0.2, -0.15) is 0 Å². The minimum absolute atomic E-state index is 0.0413. The Labute approximate surface area is 166 Å². The molecule has 0 bridgehead atoms. The zero-order valence-electron chi connectivity index (χ0n) is 15.5. The average Bonchev–Trinajstić information content (AvgIpc) is 3.13. The summed E-state index contributed by atoms with van der Waals surface area (Å²) in [7, 11) is 0. The first-order valence-corrected chi connectivity index (χ1v) is 10.6. The van der Waals surface area contributed by atoms with E-state index in [1.807, 2.05) is 16.2 Å². The Morgan fingerprint density at radius 3 is 2.54 bits per heavy atom. The first-order valence-electron chi connectivity index (χ1n) is 9.76. The summed E-state index contributed by atoms with van der Waals surface area (Å²) in [6.45, 7) is 2.75. The number of benzene rings is 1. The van der Waals surface area contributed by atoms with Crippen LogP contribution in [0.3, 0.4) is 0 Å². The first-order chi connectivity index (χ1) is 13.7. The lowest BCUT2D eigenvalue weighted by Gasteiger charge is -2.35. The van der Waals surface area contributed by atoms with Crippen molar-refractivity contribution in [1.82, 2.24) is 14.9 Å². The van der Waals surface area contributed by atoms with Crippen LogP contribution in [0, 0.1) is 5.82 Å². The van der Waals surface area contributed by atoms with Crippen molar-refractivity contribution in [3.63, 3.8) is 0 Å². The van der Waals surface area contributed by atoms with E-state index in [0.717, 1.165) is 36.6 Å². The van der Waals surface area contributed by atoms with Crippen molar-refractivity contribution in [3.8, 4) is 0 Å². The van der Waals surface area contributed by atoms with Gasteiger partial charge in [0.25, 0.3) is 5.91 Å². The molecular formula is C21H21FN4OS. The monoisotopic (exact) mass is 396 g/mol. The number of hydrogen-bond acceptors (Lipinski definition) is 5. The maximum atomic E-state index is 13.1. The number of piperazine rings is 1. The summed E-state index contributed by atoms with van der Waals surface area (Å²) in [6.07, 6.45) is 6.41. The zero-order chi connectivity index (χ0) is 19.1.